The lowest BCUT2D eigenvalue weighted by Gasteiger charge is -2.22. The number of β-amino-alcohol motifs (C(OH)–C–C–N with tert-alkyl or cyclic N) is 1. The van der Waals surface area contributed by atoms with Gasteiger partial charge in [-0.15, -0.1) is 0 Å². The fourth-order valence-electron chi connectivity index (χ4n) is 1.20. The van der Waals surface area contributed by atoms with Crippen molar-refractivity contribution in [3.05, 3.63) is 23.9 Å². The lowest BCUT2D eigenvalue weighted by Crippen LogP contribution is -2.42. The standard InChI is InChI=1S/C13H19N3O2/c1-13(2,3)16-8-11(17)9-18-12-5-4-10(6-14)7-15-12/h4-5,7,11,16-17H,8-9H2,1-3H3. The van der Waals surface area contributed by atoms with E-state index in [4.69, 9.17) is 10.00 Å². The molecular weight excluding hydrogens is 230 g/mol. The minimum atomic E-state index is -0.596. The normalized spacial score (nSPS) is 12.8. The average molecular weight is 249 g/mol. The van der Waals surface area contributed by atoms with Gasteiger partial charge in [-0.25, -0.2) is 4.98 Å². The van der Waals surface area contributed by atoms with Crippen LogP contribution in [-0.2, 0) is 0 Å². The van der Waals surface area contributed by atoms with Gasteiger partial charge >= 0.3 is 0 Å². The Morgan fingerprint density at radius 2 is 2.22 bits per heavy atom. The number of aliphatic hydroxyl groups is 1. The Morgan fingerprint density at radius 3 is 2.72 bits per heavy atom. The third kappa shape index (κ3) is 5.62. The Balaban J connectivity index is 2.33. The van der Waals surface area contributed by atoms with Crippen molar-refractivity contribution >= 4 is 0 Å². The van der Waals surface area contributed by atoms with Crippen LogP contribution in [0.1, 0.15) is 26.3 Å². The van der Waals surface area contributed by atoms with Crippen molar-refractivity contribution in [3.63, 3.8) is 0 Å². The number of pyridine rings is 1. The van der Waals surface area contributed by atoms with Crippen molar-refractivity contribution in [1.82, 2.24) is 10.3 Å². The summed E-state index contributed by atoms with van der Waals surface area (Å²) < 4.78 is 5.32. The van der Waals surface area contributed by atoms with E-state index in [9.17, 15) is 5.11 Å². The summed E-state index contributed by atoms with van der Waals surface area (Å²) in [5.74, 6) is 0.406. The molecule has 5 heteroatoms. The highest BCUT2D eigenvalue weighted by molar-refractivity contribution is 5.28. The van der Waals surface area contributed by atoms with Crippen LogP contribution in [0, 0.1) is 11.3 Å². The maximum Gasteiger partial charge on any atom is 0.213 e. The summed E-state index contributed by atoms with van der Waals surface area (Å²) in [5.41, 5.74) is 0.450. The van der Waals surface area contributed by atoms with Gasteiger partial charge in [0.1, 0.15) is 18.8 Å². The molecule has 2 N–H and O–H groups in total. The summed E-state index contributed by atoms with van der Waals surface area (Å²) in [4.78, 5) is 3.95. The van der Waals surface area contributed by atoms with E-state index < -0.39 is 6.10 Å². The number of aliphatic hydroxyl groups excluding tert-OH is 1. The highest BCUT2D eigenvalue weighted by Crippen LogP contribution is 2.07. The van der Waals surface area contributed by atoms with Crippen LogP contribution in [0.5, 0.6) is 5.88 Å². The summed E-state index contributed by atoms with van der Waals surface area (Å²) in [6, 6.07) is 5.22. The lowest BCUT2D eigenvalue weighted by molar-refractivity contribution is 0.0977. The van der Waals surface area contributed by atoms with Gasteiger partial charge in [-0.3, -0.25) is 0 Å². The molecule has 1 aromatic rings. The van der Waals surface area contributed by atoms with E-state index in [0.717, 1.165) is 0 Å². The Bertz CT molecular complexity index is 404. The number of rotatable bonds is 5. The molecule has 1 atom stereocenters. The zero-order chi connectivity index (χ0) is 13.6. The quantitative estimate of drug-likeness (QED) is 0.816. The van der Waals surface area contributed by atoms with Gasteiger partial charge in [-0.05, 0) is 26.8 Å². The molecule has 0 aliphatic carbocycles. The lowest BCUT2D eigenvalue weighted by atomic mass is 10.1. The van der Waals surface area contributed by atoms with Crippen LogP contribution in [0.15, 0.2) is 18.3 Å². The molecule has 0 aliphatic rings. The van der Waals surface area contributed by atoms with E-state index in [1.54, 1.807) is 12.1 Å². The number of nitrogens with zero attached hydrogens (tertiary/aromatic N) is 2. The van der Waals surface area contributed by atoms with Crippen LogP contribution < -0.4 is 10.1 Å². The SMILES string of the molecule is CC(C)(C)NCC(O)COc1ccc(C#N)cn1. The molecule has 1 aromatic heterocycles. The number of hydrogen-bond donors (Lipinski definition) is 2. The summed E-state index contributed by atoms with van der Waals surface area (Å²) in [7, 11) is 0. The molecule has 1 rings (SSSR count). The highest BCUT2D eigenvalue weighted by Gasteiger charge is 2.12. The largest absolute Gasteiger partial charge is 0.475 e. The molecule has 0 radical (unpaired) electrons. The van der Waals surface area contributed by atoms with Crippen molar-refractivity contribution in [3.8, 4) is 11.9 Å². The van der Waals surface area contributed by atoms with Gasteiger partial charge in [0.2, 0.25) is 5.88 Å². The van der Waals surface area contributed by atoms with E-state index in [1.807, 2.05) is 26.8 Å². The number of nitriles is 1. The fourth-order valence-corrected chi connectivity index (χ4v) is 1.20. The summed E-state index contributed by atoms with van der Waals surface area (Å²) in [6.45, 7) is 6.72. The minimum absolute atomic E-state index is 0.0341. The molecule has 0 saturated heterocycles. The highest BCUT2D eigenvalue weighted by atomic mass is 16.5. The van der Waals surface area contributed by atoms with Crippen molar-refractivity contribution < 1.29 is 9.84 Å². The number of hydrogen-bond acceptors (Lipinski definition) is 5. The predicted molar refractivity (Wildman–Crippen MR) is 68.2 cm³/mol. The molecular formula is C13H19N3O2. The number of ether oxygens (including phenoxy) is 1. The molecule has 0 bridgehead atoms. The van der Waals surface area contributed by atoms with Crippen molar-refractivity contribution in [1.29, 1.82) is 5.26 Å². The van der Waals surface area contributed by atoms with Crippen LogP contribution >= 0.6 is 0 Å². The smallest absolute Gasteiger partial charge is 0.213 e. The second kappa shape index (κ2) is 6.34. The second-order valence-corrected chi connectivity index (χ2v) is 5.09. The molecule has 0 fully saturated rings. The van der Waals surface area contributed by atoms with Crippen molar-refractivity contribution in [2.75, 3.05) is 13.2 Å². The molecule has 1 heterocycles. The van der Waals surface area contributed by atoms with Gasteiger partial charge in [-0.1, -0.05) is 0 Å². The number of aromatic nitrogens is 1. The van der Waals surface area contributed by atoms with Crippen LogP contribution in [0.4, 0.5) is 0 Å². The summed E-state index contributed by atoms with van der Waals surface area (Å²) in [6.07, 6.45) is 0.844. The van der Waals surface area contributed by atoms with E-state index in [1.165, 1.54) is 6.20 Å². The maximum absolute atomic E-state index is 9.71. The Morgan fingerprint density at radius 1 is 1.50 bits per heavy atom. The van der Waals surface area contributed by atoms with Gasteiger partial charge in [0.05, 0.1) is 5.56 Å². The first-order valence-corrected chi connectivity index (χ1v) is 5.83. The van der Waals surface area contributed by atoms with Gasteiger partial charge in [0.25, 0.3) is 0 Å². The first-order chi connectivity index (χ1) is 8.40. The third-order valence-corrected chi connectivity index (χ3v) is 2.16. The number of nitrogens with one attached hydrogen (secondary N) is 1. The first kappa shape index (κ1) is 14.4. The zero-order valence-electron chi connectivity index (χ0n) is 11.0. The molecule has 0 aliphatic heterocycles. The van der Waals surface area contributed by atoms with Crippen LogP contribution in [0.3, 0.4) is 0 Å². The van der Waals surface area contributed by atoms with Crippen molar-refractivity contribution in [2.24, 2.45) is 0 Å². The predicted octanol–water partition coefficient (Wildman–Crippen LogP) is 1.08. The van der Waals surface area contributed by atoms with Gasteiger partial charge in [0, 0.05) is 24.3 Å². The summed E-state index contributed by atoms with van der Waals surface area (Å²) in [5, 5.41) is 21.5. The Kier molecular flexibility index (Phi) is 5.08. The van der Waals surface area contributed by atoms with Crippen molar-refractivity contribution in [2.45, 2.75) is 32.4 Å². The first-order valence-electron chi connectivity index (χ1n) is 5.83. The maximum atomic E-state index is 9.71. The molecule has 5 nitrogen and oxygen atoms in total. The van der Waals surface area contributed by atoms with E-state index >= 15 is 0 Å². The van der Waals surface area contributed by atoms with Crippen LogP contribution in [0.25, 0.3) is 0 Å². The molecule has 0 saturated carbocycles. The third-order valence-electron chi connectivity index (χ3n) is 2.16. The average Bonchev–Trinajstić information content (AvgIpc) is 2.33. The molecule has 0 aromatic carbocycles. The molecule has 98 valence electrons. The van der Waals surface area contributed by atoms with Gasteiger partial charge in [-0.2, -0.15) is 5.26 Å². The van der Waals surface area contributed by atoms with Gasteiger partial charge < -0.3 is 15.2 Å². The van der Waals surface area contributed by atoms with Crippen LogP contribution in [-0.4, -0.2) is 34.9 Å². The minimum Gasteiger partial charge on any atom is -0.475 e. The van der Waals surface area contributed by atoms with Gasteiger partial charge in [0.15, 0.2) is 0 Å². The molecule has 1 unspecified atom stereocenters. The monoisotopic (exact) mass is 249 g/mol. The Hall–Kier alpha value is -1.64. The molecule has 0 spiro atoms. The topological polar surface area (TPSA) is 78.2 Å². The second-order valence-electron chi connectivity index (χ2n) is 5.09. The van der Waals surface area contributed by atoms with E-state index in [2.05, 4.69) is 10.3 Å². The van der Waals surface area contributed by atoms with E-state index in [0.29, 0.717) is 18.0 Å². The molecule has 0 amide bonds. The zero-order valence-corrected chi connectivity index (χ0v) is 11.0. The van der Waals surface area contributed by atoms with E-state index in [-0.39, 0.29) is 12.1 Å². The summed E-state index contributed by atoms with van der Waals surface area (Å²) >= 11 is 0. The fraction of sp³-hybridized carbons (Fsp3) is 0.538. The van der Waals surface area contributed by atoms with Crippen LogP contribution in [0.2, 0.25) is 0 Å². The Labute approximate surface area is 107 Å². The molecule has 18 heavy (non-hydrogen) atoms.